The molecule has 0 aromatic rings. The number of carbonyl (C=O) groups excluding carboxylic acids is 1. The molecule has 0 spiro atoms. The third-order valence-corrected chi connectivity index (χ3v) is 13.0. The minimum Gasteiger partial charge on any atom is -0.393 e. The summed E-state index contributed by atoms with van der Waals surface area (Å²) in [6.07, 6.45) is 28.5. The van der Waals surface area contributed by atoms with Gasteiger partial charge in [0.05, 0.1) is 31.3 Å². The number of hydrogen-bond donors (Lipinski definition) is 9. The maximum atomic E-state index is 13.0. The van der Waals surface area contributed by atoms with Crippen LogP contribution in [0.1, 0.15) is 213 Å². The van der Waals surface area contributed by atoms with Gasteiger partial charge >= 0.3 is 7.82 Å². The summed E-state index contributed by atoms with van der Waals surface area (Å²) in [4.78, 5) is 23.4. The van der Waals surface area contributed by atoms with E-state index >= 15 is 0 Å². The van der Waals surface area contributed by atoms with Gasteiger partial charge in [0.15, 0.2) is 0 Å². The summed E-state index contributed by atoms with van der Waals surface area (Å²) in [6, 6.07) is -1.25. The fourth-order valence-corrected chi connectivity index (χ4v) is 8.93. The van der Waals surface area contributed by atoms with Crippen LogP contribution in [0.3, 0.4) is 0 Å². The number of aliphatic hydroxyl groups is 7. The molecule has 366 valence electrons. The molecule has 8 atom stereocenters. The van der Waals surface area contributed by atoms with Gasteiger partial charge in [-0.25, -0.2) is 4.57 Å². The highest BCUT2D eigenvalue weighted by Gasteiger charge is 2.51. The van der Waals surface area contributed by atoms with Crippen molar-refractivity contribution in [2.24, 2.45) is 0 Å². The molecule has 13 nitrogen and oxygen atoms in total. The zero-order valence-electron chi connectivity index (χ0n) is 38.8. The van der Waals surface area contributed by atoms with E-state index in [0.29, 0.717) is 12.8 Å². The second-order valence-corrected chi connectivity index (χ2v) is 19.3. The predicted molar refractivity (Wildman–Crippen MR) is 247 cm³/mol. The van der Waals surface area contributed by atoms with Gasteiger partial charge < -0.3 is 46.0 Å². The summed E-state index contributed by atoms with van der Waals surface area (Å²) >= 11 is 0. The van der Waals surface area contributed by atoms with Gasteiger partial charge in [-0.2, -0.15) is 0 Å². The van der Waals surface area contributed by atoms with Crippen molar-refractivity contribution in [1.29, 1.82) is 0 Å². The van der Waals surface area contributed by atoms with Crippen molar-refractivity contribution in [1.82, 2.24) is 5.32 Å². The molecule has 1 fully saturated rings. The number of hydrogen-bond acceptors (Lipinski definition) is 11. The van der Waals surface area contributed by atoms with E-state index in [9.17, 15) is 50.0 Å². The Balaban J connectivity index is 2.48. The third kappa shape index (κ3) is 29.3. The number of amides is 1. The van der Waals surface area contributed by atoms with E-state index in [1.807, 2.05) is 0 Å². The van der Waals surface area contributed by atoms with Crippen LogP contribution in [0.4, 0.5) is 0 Å². The first-order chi connectivity index (χ1) is 29.8. The number of unbranched alkanes of at least 4 members (excludes halogenated alkanes) is 26. The number of carbonyl (C=O) groups is 1. The van der Waals surface area contributed by atoms with Crippen molar-refractivity contribution >= 4 is 13.7 Å². The van der Waals surface area contributed by atoms with Crippen LogP contribution in [0.5, 0.6) is 0 Å². The van der Waals surface area contributed by atoms with E-state index in [2.05, 4.69) is 31.3 Å². The number of phosphoric acid groups is 1. The van der Waals surface area contributed by atoms with E-state index < -0.39 is 75.2 Å². The van der Waals surface area contributed by atoms with Crippen LogP contribution in [0.25, 0.3) is 0 Å². The smallest absolute Gasteiger partial charge is 0.393 e. The molecule has 8 unspecified atom stereocenters. The summed E-state index contributed by atoms with van der Waals surface area (Å²) in [5.41, 5.74) is 0. The minimum absolute atomic E-state index is 0.249. The Morgan fingerprint density at radius 3 is 1.42 bits per heavy atom. The third-order valence-electron chi connectivity index (χ3n) is 12.0. The molecule has 0 radical (unpaired) electrons. The summed E-state index contributed by atoms with van der Waals surface area (Å²) in [7, 11) is -5.15. The van der Waals surface area contributed by atoms with Gasteiger partial charge in [0.1, 0.15) is 36.6 Å². The molecule has 0 aromatic heterocycles. The molecule has 0 aliphatic heterocycles. The Hall–Kier alpha value is -1.22. The van der Waals surface area contributed by atoms with Crippen LogP contribution in [0.15, 0.2) is 24.3 Å². The summed E-state index contributed by atoms with van der Waals surface area (Å²) < 4.78 is 22.9. The van der Waals surface area contributed by atoms with Crippen molar-refractivity contribution in [3.8, 4) is 0 Å². The standard InChI is InChI=1S/C48H92NO12P/c1-3-5-7-9-11-13-15-17-18-19-20-21-22-24-25-27-29-31-33-35-39(50)37-42(52)49-40(41(51)36-34-32-30-28-26-23-16-14-12-10-8-6-4-2)38-60-62(58,59)61-48-46(56)44(54)43(53)45(55)47(48)57/h26,28,34,36,39-41,43-48,50-51,53-57H,3-25,27,29-33,35,37-38H2,1-2H3,(H,49,52)(H,58,59)/b28-26+,36-34+. The first kappa shape index (κ1) is 58.8. The second-order valence-electron chi connectivity index (χ2n) is 17.8. The Bertz CT molecular complexity index is 1160. The van der Waals surface area contributed by atoms with E-state index in [-0.39, 0.29) is 6.42 Å². The number of phosphoric ester groups is 1. The molecular formula is C48H92NO12P. The molecule has 1 amide bonds. The molecule has 1 aliphatic carbocycles. The summed E-state index contributed by atoms with van der Waals surface area (Å²) in [5.74, 6) is -0.600. The van der Waals surface area contributed by atoms with Crippen LogP contribution < -0.4 is 5.32 Å². The fourth-order valence-electron chi connectivity index (χ4n) is 7.96. The molecule has 14 heteroatoms. The van der Waals surface area contributed by atoms with Gasteiger partial charge in [0.25, 0.3) is 0 Å². The lowest BCUT2D eigenvalue weighted by Gasteiger charge is -2.41. The van der Waals surface area contributed by atoms with Crippen LogP contribution in [-0.4, -0.2) is 108 Å². The first-order valence-corrected chi connectivity index (χ1v) is 26.4. The lowest BCUT2D eigenvalue weighted by molar-refractivity contribution is -0.220. The average Bonchev–Trinajstić information content (AvgIpc) is 3.24. The van der Waals surface area contributed by atoms with Crippen LogP contribution >= 0.6 is 7.82 Å². The normalized spacial score (nSPS) is 23.2. The van der Waals surface area contributed by atoms with E-state index in [0.717, 1.165) is 44.9 Å². The highest BCUT2D eigenvalue weighted by molar-refractivity contribution is 7.47. The van der Waals surface area contributed by atoms with Gasteiger partial charge in [-0.3, -0.25) is 13.8 Å². The van der Waals surface area contributed by atoms with Crippen LogP contribution in [0.2, 0.25) is 0 Å². The van der Waals surface area contributed by atoms with Crippen LogP contribution in [-0.2, 0) is 18.4 Å². The Labute approximate surface area is 375 Å². The monoisotopic (exact) mass is 906 g/mol. The van der Waals surface area contributed by atoms with Crippen molar-refractivity contribution in [3.63, 3.8) is 0 Å². The van der Waals surface area contributed by atoms with Gasteiger partial charge in [0.2, 0.25) is 5.91 Å². The van der Waals surface area contributed by atoms with E-state index in [1.165, 1.54) is 141 Å². The molecule has 1 aliphatic rings. The number of rotatable bonds is 41. The quantitative estimate of drug-likeness (QED) is 0.0159. The van der Waals surface area contributed by atoms with Crippen molar-refractivity contribution < 1.29 is 59.0 Å². The second kappa shape index (κ2) is 37.9. The van der Waals surface area contributed by atoms with Crippen LogP contribution in [0, 0.1) is 0 Å². The Morgan fingerprint density at radius 2 is 0.952 bits per heavy atom. The first-order valence-electron chi connectivity index (χ1n) is 24.9. The lowest BCUT2D eigenvalue weighted by Crippen LogP contribution is -2.64. The zero-order chi connectivity index (χ0) is 45.9. The predicted octanol–water partition coefficient (Wildman–Crippen LogP) is 8.76. The molecule has 0 heterocycles. The maximum Gasteiger partial charge on any atom is 0.472 e. The molecule has 9 N–H and O–H groups in total. The van der Waals surface area contributed by atoms with E-state index in [4.69, 9.17) is 9.05 Å². The number of nitrogens with one attached hydrogen (secondary N) is 1. The molecule has 0 saturated heterocycles. The Morgan fingerprint density at radius 1 is 0.565 bits per heavy atom. The molecule has 62 heavy (non-hydrogen) atoms. The zero-order valence-corrected chi connectivity index (χ0v) is 39.7. The maximum absolute atomic E-state index is 13.0. The van der Waals surface area contributed by atoms with E-state index in [1.54, 1.807) is 6.08 Å². The average molecular weight is 906 g/mol. The molecular weight excluding hydrogens is 813 g/mol. The molecule has 1 rings (SSSR count). The lowest BCUT2D eigenvalue weighted by atomic mass is 9.85. The van der Waals surface area contributed by atoms with Crippen molar-refractivity contribution in [3.05, 3.63) is 24.3 Å². The summed E-state index contributed by atoms with van der Waals surface area (Å²) in [6.45, 7) is 3.73. The largest absolute Gasteiger partial charge is 0.472 e. The fraction of sp³-hybridized carbons (Fsp3) is 0.896. The molecule has 0 aromatic carbocycles. The van der Waals surface area contributed by atoms with Gasteiger partial charge in [0, 0.05) is 0 Å². The van der Waals surface area contributed by atoms with Gasteiger partial charge in [-0.1, -0.05) is 199 Å². The molecule has 1 saturated carbocycles. The topological polar surface area (TPSA) is 226 Å². The number of allylic oxidation sites excluding steroid dienone is 3. The number of aliphatic hydroxyl groups excluding tert-OH is 7. The SMILES string of the molecule is CCCCCCCCC/C=C/CC/C=C/C(O)C(COP(=O)(O)OC1C(O)C(O)C(O)C(O)C1O)NC(=O)CC(O)CCCCCCCCCCCCCCCCCCCCC. The van der Waals surface area contributed by atoms with Gasteiger partial charge in [-0.05, 0) is 32.1 Å². The van der Waals surface area contributed by atoms with Gasteiger partial charge in [-0.15, -0.1) is 0 Å². The molecule has 0 bridgehead atoms. The highest BCUT2D eigenvalue weighted by Crippen LogP contribution is 2.47. The highest BCUT2D eigenvalue weighted by atomic mass is 31.2. The Kier molecular flexibility index (Phi) is 36.0. The summed E-state index contributed by atoms with van der Waals surface area (Å²) in [5, 5.41) is 74.5. The van der Waals surface area contributed by atoms with Crippen molar-refractivity contribution in [2.75, 3.05) is 6.61 Å². The minimum atomic E-state index is -5.15. The van der Waals surface area contributed by atoms with Crippen molar-refractivity contribution in [2.45, 2.75) is 268 Å².